The van der Waals surface area contributed by atoms with Gasteiger partial charge in [0, 0.05) is 30.6 Å². The third kappa shape index (κ3) is 4.49. The van der Waals surface area contributed by atoms with Crippen molar-refractivity contribution in [3.05, 3.63) is 0 Å². The molecule has 104 valence electrons. The summed E-state index contributed by atoms with van der Waals surface area (Å²) >= 11 is 1.76. The number of thioether (sulfide) groups is 1. The zero-order valence-corrected chi connectivity index (χ0v) is 11.8. The molecule has 18 heavy (non-hydrogen) atoms. The Bertz CT molecular complexity index is 299. The number of aliphatic carboxylic acids is 1. The molecule has 1 aliphatic rings. The summed E-state index contributed by atoms with van der Waals surface area (Å²) in [7, 11) is 0. The van der Waals surface area contributed by atoms with E-state index in [0.29, 0.717) is 6.54 Å². The lowest BCUT2D eigenvalue weighted by Gasteiger charge is -2.38. The number of hydrogen-bond donors (Lipinski definition) is 2. The molecule has 1 amide bonds. The molecule has 0 bridgehead atoms. The van der Waals surface area contributed by atoms with Crippen molar-refractivity contribution < 1.29 is 14.7 Å². The molecule has 0 aliphatic carbocycles. The van der Waals surface area contributed by atoms with Gasteiger partial charge in [-0.2, -0.15) is 11.8 Å². The second kappa shape index (κ2) is 7.63. The summed E-state index contributed by atoms with van der Waals surface area (Å²) in [5.74, 6) is 0.951. The van der Waals surface area contributed by atoms with Crippen LogP contribution in [0.4, 0.5) is 0 Å². The second-order valence-corrected chi connectivity index (χ2v) is 5.68. The molecule has 5 nitrogen and oxygen atoms in total. The van der Waals surface area contributed by atoms with Gasteiger partial charge in [0.1, 0.15) is 0 Å². The minimum atomic E-state index is -0.798. The van der Waals surface area contributed by atoms with E-state index in [4.69, 9.17) is 5.11 Å². The monoisotopic (exact) mass is 274 g/mol. The molecule has 1 rings (SSSR count). The van der Waals surface area contributed by atoms with Crippen molar-refractivity contribution >= 4 is 23.6 Å². The van der Waals surface area contributed by atoms with E-state index in [1.807, 2.05) is 18.7 Å². The van der Waals surface area contributed by atoms with Gasteiger partial charge in [-0.1, -0.05) is 6.92 Å². The van der Waals surface area contributed by atoms with Crippen LogP contribution in [0.3, 0.4) is 0 Å². The highest BCUT2D eigenvalue weighted by Gasteiger charge is 2.31. The van der Waals surface area contributed by atoms with Gasteiger partial charge >= 0.3 is 5.97 Å². The molecule has 0 saturated carbocycles. The summed E-state index contributed by atoms with van der Waals surface area (Å²) in [6.45, 7) is 5.32. The summed E-state index contributed by atoms with van der Waals surface area (Å²) in [6.07, 6.45) is 1.02. The molecular weight excluding hydrogens is 252 g/mol. The third-order valence-corrected chi connectivity index (χ3v) is 4.20. The van der Waals surface area contributed by atoms with Gasteiger partial charge in [-0.05, 0) is 13.3 Å². The highest BCUT2D eigenvalue weighted by Crippen LogP contribution is 2.21. The van der Waals surface area contributed by atoms with Gasteiger partial charge < -0.3 is 10.4 Å². The predicted octanol–water partition coefficient (Wildman–Crippen LogP) is 0.793. The molecule has 2 N–H and O–H groups in total. The number of nitrogens with zero attached hydrogens (tertiary/aromatic N) is 1. The summed E-state index contributed by atoms with van der Waals surface area (Å²) in [4.78, 5) is 24.8. The van der Waals surface area contributed by atoms with Crippen LogP contribution in [0, 0.1) is 0 Å². The maximum Gasteiger partial charge on any atom is 0.304 e. The topological polar surface area (TPSA) is 69.6 Å². The van der Waals surface area contributed by atoms with Crippen molar-refractivity contribution in [2.24, 2.45) is 0 Å². The molecule has 0 aromatic carbocycles. The Labute approximate surface area is 112 Å². The molecule has 1 aliphatic heterocycles. The standard InChI is InChI=1S/C12H22N2O3S/c1-3-4-13-12(17)9(2)14-5-6-18-8-10(14)7-11(15)16/h9-10H,3-8H2,1-2H3,(H,13,17)(H,15,16). The maximum atomic E-state index is 11.9. The Hall–Kier alpha value is -0.750. The van der Waals surface area contributed by atoms with Crippen LogP contribution in [0.2, 0.25) is 0 Å². The van der Waals surface area contributed by atoms with Crippen molar-refractivity contribution in [3.8, 4) is 0 Å². The Kier molecular flexibility index (Phi) is 6.49. The Morgan fingerprint density at radius 1 is 1.56 bits per heavy atom. The van der Waals surface area contributed by atoms with Crippen molar-refractivity contribution in [2.45, 2.75) is 38.8 Å². The van der Waals surface area contributed by atoms with Crippen LogP contribution in [0.1, 0.15) is 26.7 Å². The molecule has 2 unspecified atom stereocenters. The van der Waals surface area contributed by atoms with Crippen molar-refractivity contribution in [3.63, 3.8) is 0 Å². The Morgan fingerprint density at radius 2 is 2.28 bits per heavy atom. The number of carbonyl (C=O) groups excluding carboxylic acids is 1. The average Bonchev–Trinajstić information content (AvgIpc) is 2.35. The molecule has 2 atom stereocenters. The number of nitrogens with one attached hydrogen (secondary N) is 1. The Morgan fingerprint density at radius 3 is 2.89 bits per heavy atom. The van der Waals surface area contributed by atoms with E-state index in [-0.39, 0.29) is 24.4 Å². The highest BCUT2D eigenvalue weighted by molar-refractivity contribution is 7.99. The van der Waals surface area contributed by atoms with Crippen LogP contribution in [0.25, 0.3) is 0 Å². The van der Waals surface area contributed by atoms with Crippen LogP contribution in [0.15, 0.2) is 0 Å². The lowest BCUT2D eigenvalue weighted by atomic mass is 10.1. The van der Waals surface area contributed by atoms with E-state index in [1.54, 1.807) is 11.8 Å². The lowest BCUT2D eigenvalue weighted by molar-refractivity contribution is -0.139. The van der Waals surface area contributed by atoms with Crippen molar-refractivity contribution in [1.82, 2.24) is 10.2 Å². The zero-order valence-electron chi connectivity index (χ0n) is 11.0. The van der Waals surface area contributed by atoms with Crippen molar-refractivity contribution in [2.75, 3.05) is 24.6 Å². The SMILES string of the molecule is CCCNC(=O)C(C)N1CCSCC1CC(=O)O. The van der Waals surface area contributed by atoms with E-state index in [0.717, 1.165) is 24.5 Å². The number of carboxylic acid groups (broad SMARTS) is 1. The summed E-state index contributed by atoms with van der Waals surface area (Å²) in [6, 6.07) is -0.287. The van der Waals surface area contributed by atoms with Gasteiger partial charge in [0.05, 0.1) is 12.5 Å². The van der Waals surface area contributed by atoms with Gasteiger partial charge in [-0.15, -0.1) is 0 Å². The summed E-state index contributed by atoms with van der Waals surface area (Å²) in [5, 5.41) is 11.8. The first kappa shape index (κ1) is 15.3. The smallest absolute Gasteiger partial charge is 0.304 e. The average molecular weight is 274 g/mol. The largest absolute Gasteiger partial charge is 0.481 e. The van der Waals surface area contributed by atoms with Gasteiger partial charge in [-0.25, -0.2) is 0 Å². The van der Waals surface area contributed by atoms with E-state index < -0.39 is 5.97 Å². The highest BCUT2D eigenvalue weighted by atomic mass is 32.2. The van der Waals surface area contributed by atoms with Crippen LogP contribution < -0.4 is 5.32 Å². The molecule has 1 heterocycles. The lowest BCUT2D eigenvalue weighted by Crippen LogP contribution is -2.53. The molecule has 1 saturated heterocycles. The number of rotatable bonds is 6. The van der Waals surface area contributed by atoms with E-state index in [2.05, 4.69) is 5.32 Å². The normalized spacial score (nSPS) is 22.4. The first-order valence-electron chi connectivity index (χ1n) is 6.39. The molecule has 1 fully saturated rings. The van der Waals surface area contributed by atoms with Crippen LogP contribution >= 0.6 is 11.8 Å². The van der Waals surface area contributed by atoms with Gasteiger partial charge in [0.25, 0.3) is 0 Å². The number of carboxylic acids is 1. The quantitative estimate of drug-likeness (QED) is 0.749. The number of carbonyl (C=O) groups is 2. The first-order chi connectivity index (χ1) is 8.56. The van der Waals surface area contributed by atoms with E-state index in [1.165, 1.54) is 0 Å². The minimum absolute atomic E-state index is 0.000797. The van der Waals surface area contributed by atoms with E-state index in [9.17, 15) is 9.59 Å². The summed E-state index contributed by atoms with van der Waals surface area (Å²) < 4.78 is 0. The second-order valence-electron chi connectivity index (χ2n) is 4.53. The van der Waals surface area contributed by atoms with Crippen molar-refractivity contribution in [1.29, 1.82) is 0 Å². The third-order valence-electron chi connectivity index (χ3n) is 3.11. The van der Waals surface area contributed by atoms with Gasteiger partial charge in [0.2, 0.25) is 5.91 Å². The van der Waals surface area contributed by atoms with E-state index >= 15 is 0 Å². The zero-order chi connectivity index (χ0) is 13.5. The molecule has 0 aromatic rings. The summed E-state index contributed by atoms with van der Waals surface area (Å²) in [5.41, 5.74) is 0. The minimum Gasteiger partial charge on any atom is -0.481 e. The van der Waals surface area contributed by atoms with Crippen LogP contribution in [-0.4, -0.2) is 58.6 Å². The Balaban J connectivity index is 2.58. The fourth-order valence-electron chi connectivity index (χ4n) is 2.10. The molecular formula is C12H22N2O3S. The first-order valence-corrected chi connectivity index (χ1v) is 7.54. The molecule has 0 radical (unpaired) electrons. The molecule has 6 heteroatoms. The maximum absolute atomic E-state index is 11.9. The van der Waals surface area contributed by atoms with Crippen LogP contribution in [-0.2, 0) is 9.59 Å². The van der Waals surface area contributed by atoms with Crippen LogP contribution in [0.5, 0.6) is 0 Å². The number of amides is 1. The fraction of sp³-hybridized carbons (Fsp3) is 0.833. The molecule has 0 spiro atoms. The number of hydrogen-bond acceptors (Lipinski definition) is 4. The fourth-order valence-corrected chi connectivity index (χ4v) is 3.19. The van der Waals surface area contributed by atoms with Gasteiger partial charge in [-0.3, -0.25) is 14.5 Å². The molecule has 0 aromatic heterocycles. The predicted molar refractivity (Wildman–Crippen MR) is 72.8 cm³/mol. The van der Waals surface area contributed by atoms with Gasteiger partial charge in [0.15, 0.2) is 0 Å².